The topological polar surface area (TPSA) is 64.4 Å². The lowest BCUT2D eigenvalue weighted by atomic mass is 10.2. The van der Waals surface area contributed by atoms with Crippen molar-refractivity contribution in [3.05, 3.63) is 71.6 Å². The van der Waals surface area contributed by atoms with Gasteiger partial charge in [-0.1, -0.05) is 42.5 Å². The molecule has 0 saturated carbocycles. The SMILES string of the molecule is CCOc1cccc2cc(-c3csc(NC(=O)C=Cc4ccccc4)n3)oc12. The molecule has 6 heteroatoms. The van der Waals surface area contributed by atoms with E-state index in [9.17, 15) is 4.79 Å². The van der Waals surface area contributed by atoms with Crippen molar-refractivity contribution in [1.29, 1.82) is 0 Å². The summed E-state index contributed by atoms with van der Waals surface area (Å²) in [6, 6.07) is 17.4. The maximum atomic E-state index is 12.1. The van der Waals surface area contributed by atoms with Gasteiger partial charge in [-0.05, 0) is 30.7 Å². The fraction of sp³-hybridized carbons (Fsp3) is 0.0909. The average molecular weight is 390 g/mol. The summed E-state index contributed by atoms with van der Waals surface area (Å²) in [6.07, 6.45) is 3.25. The molecule has 0 unspecified atom stereocenters. The van der Waals surface area contributed by atoms with E-state index in [0.717, 1.165) is 10.9 Å². The minimum Gasteiger partial charge on any atom is -0.490 e. The fourth-order valence-corrected chi connectivity index (χ4v) is 3.46. The summed E-state index contributed by atoms with van der Waals surface area (Å²) in [6.45, 7) is 2.50. The van der Waals surface area contributed by atoms with Crippen LogP contribution in [0.4, 0.5) is 5.13 Å². The number of fused-ring (bicyclic) bond motifs is 1. The minimum atomic E-state index is -0.229. The summed E-state index contributed by atoms with van der Waals surface area (Å²) in [5.74, 6) is 1.12. The van der Waals surface area contributed by atoms with Crippen molar-refractivity contribution in [3.63, 3.8) is 0 Å². The lowest BCUT2D eigenvalue weighted by Crippen LogP contribution is -2.07. The number of ether oxygens (including phenoxy) is 1. The third kappa shape index (κ3) is 3.97. The number of aromatic nitrogens is 1. The Morgan fingerprint density at radius 1 is 1.21 bits per heavy atom. The first-order valence-electron chi connectivity index (χ1n) is 8.88. The Morgan fingerprint density at radius 3 is 2.89 bits per heavy atom. The predicted molar refractivity (Wildman–Crippen MR) is 113 cm³/mol. The number of hydrogen-bond donors (Lipinski definition) is 1. The number of hydrogen-bond acceptors (Lipinski definition) is 5. The largest absolute Gasteiger partial charge is 0.490 e. The van der Waals surface area contributed by atoms with Crippen LogP contribution in [0.5, 0.6) is 5.75 Å². The second-order valence-corrected chi connectivity index (χ2v) is 6.85. The van der Waals surface area contributed by atoms with E-state index in [-0.39, 0.29) is 5.91 Å². The molecule has 2 heterocycles. The number of nitrogens with zero attached hydrogens (tertiary/aromatic N) is 1. The van der Waals surface area contributed by atoms with Crippen LogP contribution in [0.3, 0.4) is 0 Å². The number of carbonyl (C=O) groups excluding carboxylic acids is 1. The molecule has 4 aromatic rings. The van der Waals surface area contributed by atoms with Crippen molar-refractivity contribution in [2.24, 2.45) is 0 Å². The Hall–Kier alpha value is -3.38. The first-order chi connectivity index (χ1) is 13.7. The van der Waals surface area contributed by atoms with Gasteiger partial charge in [0.15, 0.2) is 22.2 Å². The first-order valence-corrected chi connectivity index (χ1v) is 9.76. The quantitative estimate of drug-likeness (QED) is 0.435. The van der Waals surface area contributed by atoms with Crippen molar-refractivity contribution >= 4 is 39.4 Å². The van der Waals surface area contributed by atoms with Crippen LogP contribution in [-0.4, -0.2) is 17.5 Å². The molecule has 0 spiro atoms. The predicted octanol–water partition coefficient (Wildman–Crippen LogP) is 5.61. The van der Waals surface area contributed by atoms with Gasteiger partial charge < -0.3 is 9.15 Å². The molecule has 4 rings (SSSR count). The van der Waals surface area contributed by atoms with Crippen molar-refractivity contribution in [3.8, 4) is 17.2 Å². The number of benzene rings is 2. The number of thiazole rings is 1. The molecule has 1 N–H and O–H groups in total. The monoisotopic (exact) mass is 390 g/mol. The highest BCUT2D eigenvalue weighted by molar-refractivity contribution is 7.14. The Morgan fingerprint density at radius 2 is 2.07 bits per heavy atom. The third-order valence-electron chi connectivity index (χ3n) is 4.02. The van der Waals surface area contributed by atoms with Crippen molar-refractivity contribution in [2.75, 3.05) is 11.9 Å². The van der Waals surface area contributed by atoms with Gasteiger partial charge in [0, 0.05) is 16.8 Å². The highest BCUT2D eigenvalue weighted by atomic mass is 32.1. The van der Waals surface area contributed by atoms with E-state index >= 15 is 0 Å². The van der Waals surface area contributed by atoms with E-state index in [0.29, 0.717) is 34.5 Å². The standard InChI is InChI=1S/C22H18N2O3S/c1-2-26-18-10-6-9-16-13-19(27-21(16)18)17-14-28-22(23-17)24-20(25)12-11-15-7-4-3-5-8-15/h3-14H,2H2,1H3,(H,23,24,25). The normalized spacial score (nSPS) is 11.2. The van der Waals surface area contributed by atoms with Gasteiger partial charge in [0.25, 0.3) is 0 Å². The summed E-state index contributed by atoms with van der Waals surface area (Å²) in [5, 5.41) is 6.11. The Balaban J connectivity index is 1.50. The number of carbonyl (C=O) groups is 1. The molecular formula is C22H18N2O3S. The van der Waals surface area contributed by atoms with Gasteiger partial charge in [-0.2, -0.15) is 0 Å². The Labute approximate surface area is 166 Å². The van der Waals surface area contributed by atoms with Crippen molar-refractivity contribution in [1.82, 2.24) is 4.98 Å². The first kappa shape index (κ1) is 18.0. The Bertz CT molecular complexity index is 1130. The van der Waals surface area contributed by atoms with Crippen LogP contribution in [0.2, 0.25) is 0 Å². The van der Waals surface area contributed by atoms with E-state index < -0.39 is 0 Å². The number of para-hydroxylation sites is 1. The molecule has 2 aromatic carbocycles. The molecule has 0 aliphatic rings. The average Bonchev–Trinajstić information content (AvgIpc) is 3.35. The van der Waals surface area contributed by atoms with Crippen LogP contribution in [-0.2, 0) is 4.79 Å². The highest BCUT2D eigenvalue weighted by Crippen LogP contribution is 2.34. The summed E-state index contributed by atoms with van der Waals surface area (Å²) in [4.78, 5) is 16.6. The molecule has 0 bridgehead atoms. The van der Waals surface area contributed by atoms with Crippen LogP contribution < -0.4 is 10.1 Å². The number of anilines is 1. The molecule has 0 saturated heterocycles. The van der Waals surface area contributed by atoms with E-state index in [2.05, 4.69) is 10.3 Å². The van der Waals surface area contributed by atoms with Gasteiger partial charge in [-0.25, -0.2) is 4.98 Å². The lowest BCUT2D eigenvalue weighted by Gasteiger charge is -2.02. The van der Waals surface area contributed by atoms with Gasteiger partial charge in [0.2, 0.25) is 5.91 Å². The number of rotatable bonds is 6. The molecule has 2 aromatic heterocycles. The number of furan rings is 1. The Kier molecular flexibility index (Phi) is 5.21. The summed E-state index contributed by atoms with van der Waals surface area (Å²) < 4.78 is 11.6. The zero-order chi connectivity index (χ0) is 19.3. The summed E-state index contributed by atoms with van der Waals surface area (Å²) >= 11 is 1.35. The molecule has 0 aliphatic heterocycles. The van der Waals surface area contributed by atoms with Crippen molar-refractivity contribution in [2.45, 2.75) is 6.92 Å². The zero-order valence-electron chi connectivity index (χ0n) is 15.2. The maximum Gasteiger partial charge on any atom is 0.250 e. The summed E-state index contributed by atoms with van der Waals surface area (Å²) in [5.41, 5.74) is 2.33. The second kappa shape index (κ2) is 8.10. The van der Waals surface area contributed by atoms with Gasteiger partial charge in [0.1, 0.15) is 5.69 Å². The maximum absolute atomic E-state index is 12.1. The second-order valence-electron chi connectivity index (χ2n) is 5.99. The molecule has 0 aliphatic carbocycles. The van der Waals surface area contributed by atoms with Crippen LogP contribution in [0, 0.1) is 0 Å². The molecule has 1 amide bonds. The van der Waals surface area contributed by atoms with Crippen LogP contribution in [0.1, 0.15) is 12.5 Å². The van der Waals surface area contributed by atoms with E-state index in [1.54, 1.807) is 6.08 Å². The summed E-state index contributed by atoms with van der Waals surface area (Å²) in [7, 11) is 0. The van der Waals surface area contributed by atoms with E-state index in [1.807, 2.05) is 66.9 Å². The molecule has 28 heavy (non-hydrogen) atoms. The third-order valence-corrected chi connectivity index (χ3v) is 4.78. The fourth-order valence-electron chi connectivity index (χ4n) is 2.76. The van der Waals surface area contributed by atoms with Crippen LogP contribution >= 0.6 is 11.3 Å². The highest BCUT2D eigenvalue weighted by Gasteiger charge is 2.13. The van der Waals surface area contributed by atoms with Gasteiger partial charge >= 0.3 is 0 Å². The minimum absolute atomic E-state index is 0.229. The molecule has 140 valence electrons. The lowest BCUT2D eigenvalue weighted by molar-refractivity contribution is -0.111. The van der Waals surface area contributed by atoms with E-state index in [1.165, 1.54) is 17.4 Å². The zero-order valence-corrected chi connectivity index (χ0v) is 16.0. The van der Waals surface area contributed by atoms with Gasteiger partial charge in [-0.3, -0.25) is 10.1 Å². The molecular weight excluding hydrogens is 372 g/mol. The smallest absolute Gasteiger partial charge is 0.250 e. The van der Waals surface area contributed by atoms with Gasteiger partial charge in [0.05, 0.1) is 6.61 Å². The van der Waals surface area contributed by atoms with Crippen LogP contribution in [0.25, 0.3) is 28.5 Å². The van der Waals surface area contributed by atoms with E-state index in [4.69, 9.17) is 9.15 Å². The van der Waals surface area contributed by atoms with Gasteiger partial charge in [-0.15, -0.1) is 11.3 Å². The molecule has 0 radical (unpaired) electrons. The molecule has 0 atom stereocenters. The number of amides is 1. The number of nitrogens with one attached hydrogen (secondary N) is 1. The molecule has 5 nitrogen and oxygen atoms in total. The molecule has 0 fully saturated rings. The van der Waals surface area contributed by atoms with Crippen molar-refractivity contribution < 1.29 is 13.9 Å². The van der Waals surface area contributed by atoms with Crippen LogP contribution in [0.15, 0.2) is 70.5 Å².